The van der Waals surface area contributed by atoms with Crippen molar-refractivity contribution in [1.29, 1.82) is 0 Å². The molecule has 0 N–H and O–H groups in total. The molecule has 0 radical (unpaired) electrons. The quantitative estimate of drug-likeness (QED) is 0.788. The number of benzene rings is 1. The average Bonchev–Trinajstić information content (AvgIpc) is 2.35. The standard InChI is InChI=1S/C13H15F3NO2/c1-18-11-5-9-3-4-17(8-13(14,15)16)7-10(9)6-12(11)19-2/h5-7H,3-4,8H2,1-2H3/q+1. The molecule has 2 rings (SSSR count). The summed E-state index contributed by atoms with van der Waals surface area (Å²) in [6, 6.07) is 3.52. The van der Waals surface area contributed by atoms with Gasteiger partial charge >= 0.3 is 6.18 Å². The summed E-state index contributed by atoms with van der Waals surface area (Å²) in [6.07, 6.45) is -2.11. The summed E-state index contributed by atoms with van der Waals surface area (Å²) in [4.78, 5) is 0. The topological polar surface area (TPSA) is 21.5 Å². The molecule has 1 aromatic carbocycles. The van der Waals surface area contributed by atoms with Crippen LogP contribution in [0.1, 0.15) is 11.1 Å². The Balaban J connectivity index is 2.34. The molecule has 0 saturated carbocycles. The van der Waals surface area contributed by atoms with Crippen molar-refractivity contribution in [2.75, 3.05) is 27.3 Å². The molecule has 0 spiro atoms. The van der Waals surface area contributed by atoms with Crippen LogP contribution in [0.4, 0.5) is 13.2 Å². The van der Waals surface area contributed by atoms with E-state index in [4.69, 9.17) is 9.47 Å². The van der Waals surface area contributed by atoms with Crippen molar-refractivity contribution < 1.29 is 27.2 Å². The molecule has 104 valence electrons. The lowest BCUT2D eigenvalue weighted by Crippen LogP contribution is -2.31. The average molecular weight is 274 g/mol. The highest BCUT2D eigenvalue weighted by atomic mass is 19.4. The number of halogens is 3. The highest BCUT2D eigenvalue weighted by Crippen LogP contribution is 2.31. The Bertz CT molecular complexity index is 509. The number of hydrogen-bond donors (Lipinski definition) is 0. The lowest BCUT2D eigenvalue weighted by molar-refractivity contribution is -0.554. The van der Waals surface area contributed by atoms with Gasteiger partial charge in [-0.15, -0.1) is 0 Å². The third-order valence-corrected chi connectivity index (χ3v) is 3.02. The fourth-order valence-electron chi connectivity index (χ4n) is 2.15. The van der Waals surface area contributed by atoms with Gasteiger partial charge in [-0.05, 0) is 17.7 Å². The van der Waals surface area contributed by atoms with Gasteiger partial charge in [0.1, 0.15) is 6.54 Å². The number of rotatable bonds is 3. The van der Waals surface area contributed by atoms with Crippen molar-refractivity contribution in [2.24, 2.45) is 0 Å². The van der Waals surface area contributed by atoms with Crippen molar-refractivity contribution in [1.82, 2.24) is 0 Å². The fraction of sp³-hybridized carbons (Fsp3) is 0.462. The predicted octanol–water partition coefficient (Wildman–Crippen LogP) is 2.25. The smallest absolute Gasteiger partial charge is 0.448 e. The van der Waals surface area contributed by atoms with Gasteiger partial charge in [-0.1, -0.05) is 0 Å². The Labute approximate surface area is 109 Å². The molecule has 0 atom stereocenters. The highest BCUT2D eigenvalue weighted by Gasteiger charge is 2.35. The van der Waals surface area contributed by atoms with E-state index in [1.54, 1.807) is 6.07 Å². The summed E-state index contributed by atoms with van der Waals surface area (Å²) < 4.78 is 48.7. The zero-order chi connectivity index (χ0) is 14.0. The molecule has 1 aliphatic heterocycles. The van der Waals surface area contributed by atoms with E-state index in [0.29, 0.717) is 24.5 Å². The van der Waals surface area contributed by atoms with Gasteiger partial charge < -0.3 is 9.47 Å². The summed E-state index contributed by atoms with van der Waals surface area (Å²) in [7, 11) is 3.04. The van der Waals surface area contributed by atoms with Crippen molar-refractivity contribution in [3.63, 3.8) is 0 Å². The Morgan fingerprint density at radius 1 is 1.16 bits per heavy atom. The molecule has 19 heavy (non-hydrogen) atoms. The van der Waals surface area contributed by atoms with Crippen LogP contribution >= 0.6 is 0 Å². The molecule has 1 aromatic rings. The minimum atomic E-state index is -4.19. The van der Waals surface area contributed by atoms with E-state index in [1.807, 2.05) is 6.07 Å². The Hall–Kier alpha value is -1.72. The van der Waals surface area contributed by atoms with Gasteiger partial charge in [-0.25, -0.2) is 4.58 Å². The van der Waals surface area contributed by atoms with Gasteiger partial charge in [0.25, 0.3) is 0 Å². The molecule has 1 heterocycles. The van der Waals surface area contributed by atoms with Crippen molar-refractivity contribution in [3.8, 4) is 11.5 Å². The van der Waals surface area contributed by atoms with Crippen LogP contribution in [0.2, 0.25) is 0 Å². The summed E-state index contributed by atoms with van der Waals surface area (Å²) >= 11 is 0. The predicted molar refractivity (Wildman–Crippen MR) is 64.5 cm³/mol. The van der Waals surface area contributed by atoms with Crippen LogP contribution < -0.4 is 9.47 Å². The first-order chi connectivity index (χ1) is 8.93. The molecule has 0 saturated heterocycles. The van der Waals surface area contributed by atoms with E-state index in [0.717, 1.165) is 11.1 Å². The van der Waals surface area contributed by atoms with E-state index in [2.05, 4.69) is 0 Å². The Kier molecular flexibility index (Phi) is 3.68. The van der Waals surface area contributed by atoms with Gasteiger partial charge in [-0.3, -0.25) is 0 Å². The second-order valence-electron chi connectivity index (χ2n) is 4.37. The zero-order valence-corrected chi connectivity index (χ0v) is 10.8. The molecule has 0 bridgehead atoms. The van der Waals surface area contributed by atoms with Gasteiger partial charge in [0.15, 0.2) is 17.7 Å². The van der Waals surface area contributed by atoms with Crippen molar-refractivity contribution in [2.45, 2.75) is 12.6 Å². The van der Waals surface area contributed by atoms with Gasteiger partial charge in [0.05, 0.1) is 14.2 Å². The molecule has 0 aromatic heterocycles. The number of fused-ring (bicyclic) bond motifs is 1. The monoisotopic (exact) mass is 274 g/mol. The minimum Gasteiger partial charge on any atom is -0.493 e. The largest absolute Gasteiger partial charge is 0.493 e. The summed E-state index contributed by atoms with van der Waals surface area (Å²) in [5.41, 5.74) is 1.71. The Morgan fingerprint density at radius 3 is 2.37 bits per heavy atom. The van der Waals surface area contributed by atoms with Crippen LogP contribution in [0, 0.1) is 0 Å². The number of methoxy groups -OCH3 is 2. The molecule has 1 aliphatic rings. The summed E-state index contributed by atoms with van der Waals surface area (Å²) in [6.45, 7) is -0.581. The molecule has 0 fully saturated rings. The normalized spacial score (nSPS) is 14.7. The minimum absolute atomic E-state index is 0.349. The van der Waals surface area contributed by atoms with E-state index in [-0.39, 0.29) is 0 Å². The SMILES string of the molecule is COc1cc2c(cc1OC)CC[N+](CC(F)(F)F)=C2. The maximum absolute atomic E-state index is 12.4. The lowest BCUT2D eigenvalue weighted by atomic mass is 10.0. The highest BCUT2D eigenvalue weighted by molar-refractivity contribution is 5.80. The van der Waals surface area contributed by atoms with Gasteiger partial charge in [-0.2, -0.15) is 13.2 Å². The molecule has 0 amide bonds. The Morgan fingerprint density at radius 2 is 1.79 bits per heavy atom. The third kappa shape index (κ3) is 3.19. The van der Waals surface area contributed by atoms with E-state index in [9.17, 15) is 13.2 Å². The van der Waals surface area contributed by atoms with Crippen molar-refractivity contribution >= 4 is 6.21 Å². The fourth-order valence-corrected chi connectivity index (χ4v) is 2.15. The van der Waals surface area contributed by atoms with Crippen LogP contribution in [0.25, 0.3) is 0 Å². The summed E-state index contributed by atoms with van der Waals surface area (Å²) in [5, 5.41) is 0. The summed E-state index contributed by atoms with van der Waals surface area (Å²) in [5.74, 6) is 1.12. The van der Waals surface area contributed by atoms with Crippen LogP contribution in [-0.4, -0.2) is 44.3 Å². The van der Waals surface area contributed by atoms with Crippen LogP contribution in [0.5, 0.6) is 11.5 Å². The molecule has 6 heteroatoms. The van der Waals surface area contributed by atoms with Gasteiger partial charge in [0, 0.05) is 12.0 Å². The first kappa shape index (κ1) is 13.7. The van der Waals surface area contributed by atoms with Crippen LogP contribution in [-0.2, 0) is 6.42 Å². The number of ether oxygens (including phenoxy) is 2. The maximum Gasteiger partial charge on any atom is 0.448 e. The molecule has 0 aliphatic carbocycles. The first-order valence-corrected chi connectivity index (χ1v) is 5.83. The third-order valence-electron chi connectivity index (χ3n) is 3.02. The molecule has 0 unspecified atom stereocenters. The van der Waals surface area contributed by atoms with Crippen molar-refractivity contribution in [3.05, 3.63) is 23.3 Å². The van der Waals surface area contributed by atoms with E-state index in [1.165, 1.54) is 25.0 Å². The second-order valence-corrected chi connectivity index (χ2v) is 4.37. The van der Waals surface area contributed by atoms with Crippen LogP contribution in [0.15, 0.2) is 12.1 Å². The van der Waals surface area contributed by atoms with Crippen LogP contribution in [0.3, 0.4) is 0 Å². The molecular formula is C13H15F3NO2+. The lowest BCUT2D eigenvalue weighted by Gasteiger charge is -2.16. The first-order valence-electron chi connectivity index (χ1n) is 5.83. The van der Waals surface area contributed by atoms with E-state index >= 15 is 0 Å². The number of alkyl halides is 3. The zero-order valence-electron chi connectivity index (χ0n) is 10.8. The number of hydrogen-bond acceptors (Lipinski definition) is 2. The van der Waals surface area contributed by atoms with E-state index < -0.39 is 12.7 Å². The number of nitrogens with zero attached hydrogens (tertiary/aromatic N) is 1. The molecular weight excluding hydrogens is 259 g/mol. The maximum atomic E-state index is 12.4. The molecule has 3 nitrogen and oxygen atoms in total. The van der Waals surface area contributed by atoms with Gasteiger partial charge in [0.2, 0.25) is 6.54 Å². The second kappa shape index (κ2) is 5.11.